The lowest BCUT2D eigenvalue weighted by Gasteiger charge is -2.47. The molecule has 1 N–H and O–H groups in total. The molecule has 1 aromatic carbocycles. The van der Waals surface area contributed by atoms with E-state index in [1.807, 2.05) is 0 Å². The summed E-state index contributed by atoms with van der Waals surface area (Å²) in [7, 11) is 2.11. The Kier molecular flexibility index (Phi) is 3.02. The van der Waals surface area contributed by atoms with Crippen LogP contribution in [-0.2, 0) is 0 Å². The fourth-order valence-electron chi connectivity index (χ4n) is 3.28. The molecule has 1 spiro atoms. The Balaban J connectivity index is 1.90. The first kappa shape index (κ1) is 12.9. The molecule has 2 unspecified atom stereocenters. The molecule has 4 heteroatoms. The molecule has 3 nitrogen and oxygen atoms in total. The van der Waals surface area contributed by atoms with Crippen LogP contribution in [0.25, 0.3) is 0 Å². The van der Waals surface area contributed by atoms with Crippen molar-refractivity contribution in [2.75, 3.05) is 13.6 Å². The number of hydrogen-bond donors (Lipinski definition) is 1. The Hall–Kier alpha value is -1.13. The van der Waals surface area contributed by atoms with Gasteiger partial charge in [-0.2, -0.15) is 0 Å². The average Bonchev–Trinajstić information content (AvgIpc) is 2.36. The number of piperidine rings is 1. The molecule has 1 saturated heterocycles. The molecule has 3 atom stereocenters. The lowest BCUT2D eigenvalue weighted by molar-refractivity contribution is -0.0647. The Bertz CT molecular complexity index is 493. The first-order chi connectivity index (χ1) is 8.99. The van der Waals surface area contributed by atoms with E-state index >= 15 is 0 Å². The topological polar surface area (TPSA) is 32.7 Å². The van der Waals surface area contributed by atoms with Gasteiger partial charge in [0.05, 0.1) is 6.10 Å². The molecule has 0 bridgehead atoms. The van der Waals surface area contributed by atoms with Crippen LogP contribution in [-0.4, -0.2) is 35.2 Å². The van der Waals surface area contributed by atoms with E-state index in [1.54, 1.807) is 6.07 Å². The minimum atomic E-state index is -0.630. The molecule has 0 amide bonds. The van der Waals surface area contributed by atoms with Crippen LogP contribution in [0, 0.1) is 5.82 Å². The molecule has 2 aliphatic rings. The van der Waals surface area contributed by atoms with Crippen molar-refractivity contribution >= 4 is 0 Å². The SMILES string of the molecule is CC1CC2(CCN1C)C[C@@H](O)c1cc(F)ccc1O2. The van der Waals surface area contributed by atoms with E-state index in [9.17, 15) is 9.50 Å². The van der Waals surface area contributed by atoms with Gasteiger partial charge in [-0.1, -0.05) is 0 Å². The third-order valence-corrected chi connectivity index (χ3v) is 4.56. The molecule has 1 fully saturated rings. The molecular formula is C15H20FNO2. The largest absolute Gasteiger partial charge is 0.487 e. The fraction of sp³-hybridized carbons (Fsp3) is 0.600. The lowest BCUT2D eigenvalue weighted by Crippen LogP contribution is -2.52. The van der Waals surface area contributed by atoms with Gasteiger partial charge in [0, 0.05) is 31.0 Å². The number of likely N-dealkylation sites (tertiary alicyclic amines) is 1. The van der Waals surface area contributed by atoms with Crippen LogP contribution in [0.15, 0.2) is 18.2 Å². The van der Waals surface area contributed by atoms with Crippen LogP contribution < -0.4 is 4.74 Å². The summed E-state index contributed by atoms with van der Waals surface area (Å²) in [4.78, 5) is 2.31. The van der Waals surface area contributed by atoms with Gasteiger partial charge in [-0.15, -0.1) is 0 Å². The number of benzene rings is 1. The summed E-state index contributed by atoms with van der Waals surface area (Å²) in [6.07, 6.45) is 1.73. The quantitative estimate of drug-likeness (QED) is 0.782. The molecule has 2 heterocycles. The molecule has 104 valence electrons. The third-order valence-electron chi connectivity index (χ3n) is 4.56. The summed E-state index contributed by atoms with van der Waals surface area (Å²) in [5, 5.41) is 10.3. The van der Waals surface area contributed by atoms with Crippen molar-refractivity contribution in [1.82, 2.24) is 4.90 Å². The predicted molar refractivity (Wildman–Crippen MR) is 70.7 cm³/mol. The Morgan fingerprint density at radius 3 is 2.95 bits per heavy atom. The van der Waals surface area contributed by atoms with Gasteiger partial charge in [0.15, 0.2) is 0 Å². The number of fused-ring (bicyclic) bond motifs is 1. The second kappa shape index (κ2) is 4.46. The molecule has 1 aromatic rings. The minimum absolute atomic E-state index is 0.295. The van der Waals surface area contributed by atoms with Crippen molar-refractivity contribution in [2.24, 2.45) is 0 Å². The van der Waals surface area contributed by atoms with Gasteiger partial charge in [-0.3, -0.25) is 0 Å². The summed E-state index contributed by atoms with van der Waals surface area (Å²) in [6.45, 7) is 3.14. The summed E-state index contributed by atoms with van der Waals surface area (Å²) in [5.74, 6) is 0.311. The maximum absolute atomic E-state index is 13.2. The Labute approximate surface area is 113 Å². The second-order valence-corrected chi connectivity index (χ2v) is 5.97. The number of aliphatic hydroxyl groups is 1. The molecular weight excluding hydrogens is 245 g/mol. The van der Waals surface area contributed by atoms with Crippen molar-refractivity contribution < 1.29 is 14.2 Å². The molecule has 0 aliphatic carbocycles. The standard InChI is InChI=1S/C15H20FNO2/c1-10-8-15(5-6-17(10)2)9-13(18)12-7-11(16)3-4-14(12)19-15/h3-4,7,10,13,18H,5-6,8-9H2,1-2H3/t10?,13-,15?/m1/s1. The molecule has 0 aromatic heterocycles. The number of rotatable bonds is 0. The minimum Gasteiger partial charge on any atom is -0.487 e. The van der Waals surface area contributed by atoms with Crippen LogP contribution in [0.4, 0.5) is 4.39 Å². The molecule has 19 heavy (non-hydrogen) atoms. The van der Waals surface area contributed by atoms with Crippen molar-refractivity contribution in [1.29, 1.82) is 0 Å². The van der Waals surface area contributed by atoms with Gasteiger partial charge >= 0.3 is 0 Å². The number of aliphatic hydroxyl groups excluding tert-OH is 1. The van der Waals surface area contributed by atoms with Crippen LogP contribution >= 0.6 is 0 Å². The number of hydrogen-bond acceptors (Lipinski definition) is 3. The zero-order valence-electron chi connectivity index (χ0n) is 11.4. The van der Waals surface area contributed by atoms with Gasteiger partial charge in [0.25, 0.3) is 0 Å². The van der Waals surface area contributed by atoms with Crippen molar-refractivity contribution in [2.45, 2.75) is 43.9 Å². The average molecular weight is 265 g/mol. The van der Waals surface area contributed by atoms with Crippen molar-refractivity contribution in [3.05, 3.63) is 29.6 Å². The van der Waals surface area contributed by atoms with E-state index in [0.29, 0.717) is 23.8 Å². The van der Waals surface area contributed by atoms with Gasteiger partial charge in [-0.05, 0) is 38.6 Å². The van der Waals surface area contributed by atoms with E-state index < -0.39 is 6.10 Å². The first-order valence-corrected chi connectivity index (χ1v) is 6.86. The number of ether oxygens (including phenoxy) is 1. The summed E-state index contributed by atoms with van der Waals surface area (Å²) in [5.41, 5.74) is 0.285. The second-order valence-electron chi connectivity index (χ2n) is 5.97. The number of nitrogens with zero attached hydrogens (tertiary/aromatic N) is 1. The highest BCUT2D eigenvalue weighted by atomic mass is 19.1. The summed E-state index contributed by atoms with van der Waals surface area (Å²) in [6, 6.07) is 4.84. The van der Waals surface area contributed by atoms with Crippen LogP contribution in [0.3, 0.4) is 0 Å². The van der Waals surface area contributed by atoms with Gasteiger partial charge in [0.2, 0.25) is 0 Å². The van der Waals surface area contributed by atoms with Crippen LogP contribution in [0.1, 0.15) is 37.9 Å². The fourth-order valence-corrected chi connectivity index (χ4v) is 3.28. The van der Waals surface area contributed by atoms with Crippen molar-refractivity contribution in [3.8, 4) is 5.75 Å². The third kappa shape index (κ3) is 2.23. The van der Waals surface area contributed by atoms with E-state index in [2.05, 4.69) is 18.9 Å². The highest BCUT2D eigenvalue weighted by Gasteiger charge is 2.44. The van der Waals surface area contributed by atoms with Crippen LogP contribution in [0.2, 0.25) is 0 Å². The van der Waals surface area contributed by atoms with Gasteiger partial charge in [0.1, 0.15) is 17.2 Å². The maximum atomic E-state index is 13.2. The van der Waals surface area contributed by atoms with E-state index in [4.69, 9.17) is 4.74 Å². The van der Waals surface area contributed by atoms with E-state index in [0.717, 1.165) is 19.4 Å². The summed E-state index contributed by atoms with van der Waals surface area (Å²) < 4.78 is 19.4. The zero-order valence-corrected chi connectivity index (χ0v) is 11.4. The normalized spacial score (nSPS) is 34.9. The lowest BCUT2D eigenvalue weighted by atomic mass is 9.79. The number of halogens is 1. The smallest absolute Gasteiger partial charge is 0.126 e. The predicted octanol–water partition coefficient (Wildman–Crippen LogP) is 2.49. The highest BCUT2D eigenvalue weighted by molar-refractivity contribution is 5.38. The molecule has 0 radical (unpaired) electrons. The summed E-state index contributed by atoms with van der Waals surface area (Å²) >= 11 is 0. The molecule has 0 saturated carbocycles. The maximum Gasteiger partial charge on any atom is 0.126 e. The van der Waals surface area contributed by atoms with Crippen LogP contribution in [0.5, 0.6) is 5.75 Å². The highest BCUT2D eigenvalue weighted by Crippen LogP contribution is 2.45. The van der Waals surface area contributed by atoms with Crippen molar-refractivity contribution in [3.63, 3.8) is 0 Å². The van der Waals surface area contributed by atoms with E-state index in [1.165, 1.54) is 12.1 Å². The van der Waals surface area contributed by atoms with Gasteiger partial charge < -0.3 is 14.7 Å². The monoisotopic (exact) mass is 265 g/mol. The first-order valence-electron chi connectivity index (χ1n) is 6.86. The molecule has 3 rings (SSSR count). The molecule has 2 aliphatic heterocycles. The van der Waals surface area contributed by atoms with E-state index in [-0.39, 0.29) is 11.4 Å². The Morgan fingerprint density at radius 1 is 1.42 bits per heavy atom. The zero-order chi connectivity index (χ0) is 13.6. The van der Waals surface area contributed by atoms with Gasteiger partial charge in [-0.25, -0.2) is 4.39 Å². The Morgan fingerprint density at radius 2 is 2.21 bits per heavy atom.